The summed E-state index contributed by atoms with van der Waals surface area (Å²) in [6.07, 6.45) is 5.38. The maximum absolute atomic E-state index is 5.63. The van der Waals surface area contributed by atoms with Gasteiger partial charge in [-0.25, -0.2) is 4.98 Å². The first-order valence-corrected chi connectivity index (χ1v) is 9.78. The van der Waals surface area contributed by atoms with E-state index in [1.54, 1.807) is 6.20 Å². The van der Waals surface area contributed by atoms with Crippen LogP contribution in [0.25, 0.3) is 33.5 Å². The van der Waals surface area contributed by atoms with Gasteiger partial charge in [0, 0.05) is 36.1 Å². The van der Waals surface area contributed by atoms with E-state index in [1.165, 1.54) is 0 Å². The van der Waals surface area contributed by atoms with E-state index in [9.17, 15) is 0 Å². The van der Waals surface area contributed by atoms with Crippen LogP contribution in [0.2, 0.25) is 0 Å². The van der Waals surface area contributed by atoms with E-state index in [0.29, 0.717) is 13.2 Å². The number of fused-ring (bicyclic) bond motifs is 1. The van der Waals surface area contributed by atoms with Crippen LogP contribution in [-0.2, 0) is 4.74 Å². The molecule has 0 unspecified atom stereocenters. The molecule has 29 heavy (non-hydrogen) atoms. The van der Waals surface area contributed by atoms with E-state index in [1.807, 2.05) is 30.6 Å². The van der Waals surface area contributed by atoms with Gasteiger partial charge in [-0.1, -0.05) is 6.07 Å². The zero-order valence-electron chi connectivity index (χ0n) is 16.5. The van der Waals surface area contributed by atoms with Crippen LogP contribution in [0.4, 0.5) is 5.82 Å². The molecule has 0 radical (unpaired) electrons. The van der Waals surface area contributed by atoms with Gasteiger partial charge in [0.05, 0.1) is 30.6 Å². The van der Waals surface area contributed by atoms with E-state index in [0.717, 1.165) is 51.5 Å². The third-order valence-electron chi connectivity index (χ3n) is 5.40. The van der Waals surface area contributed by atoms with Crippen LogP contribution in [-0.4, -0.2) is 50.9 Å². The molecule has 1 atom stereocenters. The van der Waals surface area contributed by atoms with Gasteiger partial charge in [-0.15, -0.1) is 0 Å². The van der Waals surface area contributed by atoms with Gasteiger partial charge in [0.1, 0.15) is 17.0 Å². The number of aromatic nitrogens is 5. The average molecular weight is 386 g/mol. The first-order valence-electron chi connectivity index (χ1n) is 9.78. The number of pyridine rings is 3. The Bertz CT molecular complexity index is 1160. The normalized spacial score (nSPS) is 17.0. The third kappa shape index (κ3) is 3.13. The Kier molecular flexibility index (Phi) is 4.44. The van der Waals surface area contributed by atoms with Gasteiger partial charge in [0.15, 0.2) is 0 Å². The Hall–Kier alpha value is -3.32. The number of aryl methyl sites for hydroxylation is 1. The highest BCUT2D eigenvalue weighted by molar-refractivity contribution is 6.01. The average Bonchev–Trinajstić information content (AvgIpc) is 3.28. The number of nitrogens with zero attached hydrogens (tertiary/aromatic N) is 5. The number of H-pyrrole nitrogens is 1. The summed E-state index contributed by atoms with van der Waals surface area (Å²) in [6, 6.07) is 10.4. The van der Waals surface area contributed by atoms with E-state index in [-0.39, 0.29) is 6.04 Å². The summed E-state index contributed by atoms with van der Waals surface area (Å²) in [5.41, 5.74) is 5.62. The summed E-state index contributed by atoms with van der Waals surface area (Å²) in [5.74, 6) is 0.919. The van der Waals surface area contributed by atoms with Crippen molar-refractivity contribution >= 4 is 16.7 Å². The zero-order valence-corrected chi connectivity index (χ0v) is 16.5. The molecule has 1 fully saturated rings. The Morgan fingerprint density at radius 3 is 2.79 bits per heavy atom. The first kappa shape index (κ1) is 17.8. The highest BCUT2D eigenvalue weighted by Crippen LogP contribution is 2.35. The molecular formula is C22H22N6O. The smallest absolute Gasteiger partial charge is 0.130 e. The predicted octanol–water partition coefficient (Wildman–Crippen LogP) is 3.62. The van der Waals surface area contributed by atoms with Crippen molar-refractivity contribution in [1.29, 1.82) is 0 Å². The molecule has 7 heteroatoms. The van der Waals surface area contributed by atoms with Crippen LogP contribution < -0.4 is 4.90 Å². The molecule has 0 amide bonds. The fraction of sp³-hybridized carbons (Fsp3) is 0.273. The van der Waals surface area contributed by atoms with E-state index in [2.05, 4.69) is 51.0 Å². The topological polar surface area (TPSA) is 79.8 Å². The number of ether oxygens (including phenoxy) is 1. The molecule has 0 saturated carbocycles. The van der Waals surface area contributed by atoms with Crippen LogP contribution in [0.1, 0.15) is 12.5 Å². The summed E-state index contributed by atoms with van der Waals surface area (Å²) in [5, 5.41) is 8.14. The maximum atomic E-state index is 5.63. The lowest BCUT2D eigenvalue weighted by Crippen LogP contribution is -2.44. The lowest BCUT2D eigenvalue weighted by molar-refractivity contribution is 0.0986. The van der Waals surface area contributed by atoms with Crippen molar-refractivity contribution in [2.75, 3.05) is 24.7 Å². The second kappa shape index (κ2) is 7.25. The number of rotatable bonds is 3. The van der Waals surface area contributed by atoms with Gasteiger partial charge in [0.25, 0.3) is 0 Å². The van der Waals surface area contributed by atoms with Crippen LogP contribution in [0, 0.1) is 6.92 Å². The molecule has 0 spiro atoms. The molecule has 7 nitrogen and oxygen atoms in total. The van der Waals surface area contributed by atoms with Crippen LogP contribution in [0.3, 0.4) is 0 Å². The van der Waals surface area contributed by atoms with Crippen molar-refractivity contribution in [2.24, 2.45) is 0 Å². The van der Waals surface area contributed by atoms with Crippen molar-refractivity contribution in [3.05, 3.63) is 54.5 Å². The molecule has 1 aliphatic rings. The fourth-order valence-electron chi connectivity index (χ4n) is 3.90. The van der Waals surface area contributed by atoms with Crippen LogP contribution in [0.15, 0.2) is 48.9 Å². The van der Waals surface area contributed by atoms with Gasteiger partial charge < -0.3 is 9.64 Å². The van der Waals surface area contributed by atoms with E-state index in [4.69, 9.17) is 9.72 Å². The SMILES string of the molecule is Cc1cccnc1-c1cc(N2CCOC[C@H]2C)nc2c(-c3ccn[nH]3)nccc12. The summed E-state index contributed by atoms with van der Waals surface area (Å²) >= 11 is 0. The molecule has 1 saturated heterocycles. The standard InChI is InChI=1S/C22H22N6O/c1-14-4-3-7-23-20(14)17-12-19(28-10-11-29-13-15(28)2)26-21-16(17)5-8-24-22(21)18-6-9-25-27-18/h3-9,12,15H,10-11,13H2,1-2H3,(H,25,27)/t15-/m1/s1. The largest absolute Gasteiger partial charge is 0.377 e. The molecule has 1 aliphatic heterocycles. The predicted molar refractivity (Wildman–Crippen MR) is 113 cm³/mol. The first-order chi connectivity index (χ1) is 14.2. The highest BCUT2D eigenvalue weighted by atomic mass is 16.5. The molecule has 1 N–H and O–H groups in total. The molecule has 0 aliphatic carbocycles. The summed E-state index contributed by atoms with van der Waals surface area (Å²) < 4.78 is 5.63. The Morgan fingerprint density at radius 2 is 2.00 bits per heavy atom. The second-order valence-electron chi connectivity index (χ2n) is 7.34. The van der Waals surface area contributed by atoms with E-state index >= 15 is 0 Å². The van der Waals surface area contributed by atoms with Crippen molar-refractivity contribution in [2.45, 2.75) is 19.9 Å². The van der Waals surface area contributed by atoms with Gasteiger partial charge in [-0.2, -0.15) is 5.10 Å². The minimum absolute atomic E-state index is 0.249. The molecule has 146 valence electrons. The van der Waals surface area contributed by atoms with Crippen molar-refractivity contribution in [3.8, 4) is 22.6 Å². The molecule has 0 aromatic carbocycles. The lowest BCUT2D eigenvalue weighted by atomic mass is 10.0. The molecule has 0 bridgehead atoms. The van der Waals surface area contributed by atoms with Crippen molar-refractivity contribution in [1.82, 2.24) is 25.1 Å². The molecule has 4 aromatic heterocycles. The fourth-order valence-corrected chi connectivity index (χ4v) is 3.90. The second-order valence-corrected chi connectivity index (χ2v) is 7.34. The minimum atomic E-state index is 0.249. The maximum Gasteiger partial charge on any atom is 0.130 e. The number of aromatic amines is 1. The molecule has 5 heterocycles. The number of morpholine rings is 1. The highest BCUT2D eigenvalue weighted by Gasteiger charge is 2.23. The Morgan fingerprint density at radius 1 is 1.10 bits per heavy atom. The number of nitrogens with one attached hydrogen (secondary N) is 1. The van der Waals surface area contributed by atoms with E-state index < -0.39 is 0 Å². The number of hydrogen-bond acceptors (Lipinski definition) is 6. The van der Waals surface area contributed by atoms with Crippen LogP contribution in [0.5, 0.6) is 0 Å². The molecular weight excluding hydrogens is 364 g/mol. The Balaban J connectivity index is 1.80. The summed E-state index contributed by atoms with van der Waals surface area (Å²) in [7, 11) is 0. The minimum Gasteiger partial charge on any atom is -0.377 e. The van der Waals surface area contributed by atoms with Gasteiger partial charge in [-0.3, -0.25) is 15.1 Å². The summed E-state index contributed by atoms with van der Waals surface area (Å²) in [6.45, 7) is 6.44. The zero-order chi connectivity index (χ0) is 19.8. The van der Waals surface area contributed by atoms with Gasteiger partial charge >= 0.3 is 0 Å². The Labute approximate surface area is 168 Å². The number of anilines is 1. The lowest BCUT2D eigenvalue weighted by Gasteiger charge is -2.34. The summed E-state index contributed by atoms with van der Waals surface area (Å²) in [4.78, 5) is 16.7. The van der Waals surface area contributed by atoms with Crippen molar-refractivity contribution in [3.63, 3.8) is 0 Å². The van der Waals surface area contributed by atoms with Gasteiger partial charge in [0.2, 0.25) is 0 Å². The van der Waals surface area contributed by atoms with Gasteiger partial charge in [-0.05, 0) is 43.7 Å². The quantitative estimate of drug-likeness (QED) is 0.579. The third-order valence-corrected chi connectivity index (χ3v) is 5.40. The van der Waals surface area contributed by atoms with Crippen LogP contribution >= 0.6 is 0 Å². The monoisotopic (exact) mass is 386 g/mol. The van der Waals surface area contributed by atoms with Crippen molar-refractivity contribution < 1.29 is 4.74 Å². The molecule has 5 rings (SSSR count). The molecule has 4 aromatic rings. The number of hydrogen-bond donors (Lipinski definition) is 1.